The van der Waals surface area contributed by atoms with Gasteiger partial charge in [0.15, 0.2) is 6.04 Å². The third kappa shape index (κ3) is 5.97. The number of rotatable bonds is 6. The number of anilines is 2. The van der Waals surface area contributed by atoms with Crippen molar-refractivity contribution in [3.05, 3.63) is 103 Å². The van der Waals surface area contributed by atoms with Crippen molar-refractivity contribution in [2.24, 2.45) is 0 Å². The first-order valence-electron chi connectivity index (χ1n) is 11.7. The van der Waals surface area contributed by atoms with Crippen LogP contribution in [-0.4, -0.2) is 26.8 Å². The molecule has 9 nitrogen and oxygen atoms in total. The summed E-state index contributed by atoms with van der Waals surface area (Å²) in [5.74, 6) is -0.445. The highest BCUT2D eigenvalue weighted by molar-refractivity contribution is 9.10. The van der Waals surface area contributed by atoms with E-state index in [0.29, 0.717) is 11.3 Å². The van der Waals surface area contributed by atoms with Gasteiger partial charge in [0.1, 0.15) is 22.9 Å². The van der Waals surface area contributed by atoms with Crippen molar-refractivity contribution in [1.29, 1.82) is 0 Å². The van der Waals surface area contributed by atoms with Crippen molar-refractivity contribution in [3.8, 4) is 11.5 Å². The number of benzene rings is 3. The van der Waals surface area contributed by atoms with Crippen LogP contribution in [0.5, 0.6) is 11.5 Å². The first-order valence-corrected chi connectivity index (χ1v) is 13.3. The molecular weight excluding hydrogens is 663 g/mol. The number of aromatic nitrogens is 2. The van der Waals surface area contributed by atoms with Gasteiger partial charge in [0.25, 0.3) is 11.6 Å². The molecule has 2 atom stereocenters. The quantitative estimate of drug-likeness (QED) is 0.158. The second kappa shape index (κ2) is 10.9. The fraction of sp³-hybridized carbons (Fsp3) is 0.154. The van der Waals surface area contributed by atoms with Crippen LogP contribution in [0.15, 0.2) is 81.9 Å². The van der Waals surface area contributed by atoms with E-state index in [1.54, 1.807) is 48.5 Å². The minimum absolute atomic E-state index is 0.0129. The van der Waals surface area contributed by atoms with Crippen molar-refractivity contribution in [1.82, 2.24) is 9.78 Å². The number of halogens is 5. The van der Waals surface area contributed by atoms with Crippen LogP contribution >= 0.6 is 31.9 Å². The standard InChI is InChI=1S/C26H18Br2F3N5O4/c27-15-3-1-14(2-4-15)22-12-23(26(29,30)31)35-24(34-22)21(13-32-35)25(37)33-17-9-18(36(38)39)11-20(10-17)40-19-7-5-16(28)6-8-19/h1-11,13,22-23,34H,12H2,(H,33,37)/t22-,23-/m1/s1. The van der Waals surface area contributed by atoms with Crippen molar-refractivity contribution in [3.63, 3.8) is 0 Å². The van der Waals surface area contributed by atoms with Crippen molar-refractivity contribution in [2.45, 2.75) is 24.7 Å². The van der Waals surface area contributed by atoms with E-state index in [0.717, 1.165) is 25.9 Å². The molecule has 1 aliphatic rings. The number of amides is 1. The van der Waals surface area contributed by atoms with Gasteiger partial charge < -0.3 is 15.4 Å². The van der Waals surface area contributed by atoms with Crippen LogP contribution in [0.3, 0.4) is 0 Å². The number of nitrogens with one attached hydrogen (secondary N) is 2. The molecule has 1 aliphatic heterocycles. The molecule has 1 aromatic heterocycles. The third-order valence-electron chi connectivity index (χ3n) is 6.16. The molecule has 0 fully saturated rings. The molecule has 0 radical (unpaired) electrons. The molecule has 0 spiro atoms. The number of nitrogens with zero attached hydrogens (tertiary/aromatic N) is 3. The van der Waals surface area contributed by atoms with Gasteiger partial charge in [-0.2, -0.15) is 18.3 Å². The second-order valence-corrected chi connectivity index (χ2v) is 10.7. The Bertz CT molecular complexity index is 1580. The van der Waals surface area contributed by atoms with E-state index in [1.807, 2.05) is 0 Å². The molecule has 0 saturated heterocycles. The molecule has 14 heteroatoms. The number of ether oxygens (including phenoxy) is 1. The third-order valence-corrected chi connectivity index (χ3v) is 7.22. The molecule has 0 unspecified atom stereocenters. The minimum atomic E-state index is -4.62. The van der Waals surface area contributed by atoms with Gasteiger partial charge in [-0.15, -0.1) is 0 Å². The van der Waals surface area contributed by atoms with Gasteiger partial charge in [-0.3, -0.25) is 14.9 Å². The Morgan fingerprint density at radius 2 is 1.70 bits per heavy atom. The van der Waals surface area contributed by atoms with Crippen LogP contribution in [0.25, 0.3) is 0 Å². The van der Waals surface area contributed by atoms with E-state index in [4.69, 9.17) is 4.74 Å². The van der Waals surface area contributed by atoms with Gasteiger partial charge in [-0.05, 0) is 42.0 Å². The fourth-order valence-corrected chi connectivity index (χ4v) is 4.83. The Labute approximate surface area is 241 Å². The van der Waals surface area contributed by atoms with Crippen molar-refractivity contribution in [2.75, 3.05) is 10.6 Å². The van der Waals surface area contributed by atoms with E-state index < -0.39 is 29.1 Å². The van der Waals surface area contributed by atoms with Crippen LogP contribution in [-0.2, 0) is 0 Å². The van der Waals surface area contributed by atoms with E-state index in [9.17, 15) is 28.1 Å². The lowest BCUT2D eigenvalue weighted by Gasteiger charge is -2.34. The molecule has 1 amide bonds. The predicted octanol–water partition coefficient (Wildman–Crippen LogP) is 8.02. The summed E-state index contributed by atoms with van der Waals surface area (Å²) >= 11 is 6.63. The van der Waals surface area contributed by atoms with Crippen molar-refractivity contribution < 1.29 is 27.6 Å². The number of hydrogen-bond donors (Lipinski definition) is 2. The summed E-state index contributed by atoms with van der Waals surface area (Å²) in [6.45, 7) is 0. The Morgan fingerprint density at radius 3 is 2.33 bits per heavy atom. The Balaban J connectivity index is 1.45. The highest BCUT2D eigenvalue weighted by Crippen LogP contribution is 2.44. The monoisotopic (exact) mass is 679 g/mol. The number of hydrogen-bond acceptors (Lipinski definition) is 6. The average molecular weight is 681 g/mol. The second-order valence-electron chi connectivity index (χ2n) is 8.88. The van der Waals surface area contributed by atoms with Gasteiger partial charge in [0.05, 0.1) is 28.9 Å². The zero-order chi connectivity index (χ0) is 28.6. The number of nitro groups is 1. The molecule has 40 heavy (non-hydrogen) atoms. The van der Waals surface area contributed by atoms with Gasteiger partial charge in [0, 0.05) is 27.5 Å². The summed E-state index contributed by atoms with van der Waals surface area (Å²) in [6.07, 6.45) is -3.91. The summed E-state index contributed by atoms with van der Waals surface area (Å²) in [7, 11) is 0. The number of nitro benzene ring substituents is 1. The van der Waals surface area contributed by atoms with Gasteiger partial charge in [-0.25, -0.2) is 4.68 Å². The lowest BCUT2D eigenvalue weighted by atomic mass is 9.96. The smallest absolute Gasteiger partial charge is 0.410 e. The molecule has 3 aromatic carbocycles. The fourth-order valence-electron chi connectivity index (χ4n) is 4.30. The van der Waals surface area contributed by atoms with Crippen LogP contribution in [0.2, 0.25) is 0 Å². The van der Waals surface area contributed by atoms with E-state index in [2.05, 4.69) is 47.6 Å². The largest absolute Gasteiger partial charge is 0.457 e. The summed E-state index contributed by atoms with van der Waals surface area (Å²) in [5, 5.41) is 20.9. The summed E-state index contributed by atoms with van der Waals surface area (Å²) in [4.78, 5) is 24.2. The first kappa shape index (κ1) is 27.6. The molecule has 0 saturated carbocycles. The van der Waals surface area contributed by atoms with Gasteiger partial charge in [0.2, 0.25) is 0 Å². The van der Waals surface area contributed by atoms with Gasteiger partial charge in [-0.1, -0.05) is 44.0 Å². The molecule has 5 rings (SSSR count). The zero-order valence-electron chi connectivity index (χ0n) is 20.2. The maximum Gasteiger partial charge on any atom is 0.410 e. The molecule has 2 N–H and O–H groups in total. The number of alkyl halides is 3. The van der Waals surface area contributed by atoms with E-state index in [1.165, 1.54) is 12.1 Å². The van der Waals surface area contributed by atoms with Crippen LogP contribution in [0.4, 0.5) is 30.4 Å². The summed E-state index contributed by atoms with van der Waals surface area (Å²) in [5.41, 5.74) is 0.106. The van der Waals surface area contributed by atoms with Crippen LogP contribution < -0.4 is 15.4 Å². The molecule has 0 aliphatic carbocycles. The number of carbonyl (C=O) groups excluding carboxylic acids is 1. The predicted molar refractivity (Wildman–Crippen MR) is 148 cm³/mol. The molecular formula is C26H18Br2F3N5O4. The maximum absolute atomic E-state index is 14.0. The van der Waals surface area contributed by atoms with Crippen LogP contribution in [0.1, 0.15) is 34.4 Å². The molecule has 4 aromatic rings. The molecule has 0 bridgehead atoms. The van der Waals surface area contributed by atoms with E-state index in [-0.39, 0.29) is 34.9 Å². The Kier molecular flexibility index (Phi) is 7.55. The molecule has 206 valence electrons. The highest BCUT2D eigenvalue weighted by atomic mass is 79.9. The summed E-state index contributed by atoms with van der Waals surface area (Å²) < 4.78 is 50.1. The zero-order valence-corrected chi connectivity index (χ0v) is 23.3. The maximum atomic E-state index is 14.0. The Hall–Kier alpha value is -3.91. The van der Waals surface area contributed by atoms with Crippen molar-refractivity contribution >= 4 is 55.0 Å². The normalized spacial score (nSPS) is 16.5. The number of non-ortho nitro benzene ring substituents is 1. The van der Waals surface area contributed by atoms with Crippen LogP contribution in [0, 0.1) is 10.1 Å². The highest BCUT2D eigenvalue weighted by Gasteiger charge is 2.47. The minimum Gasteiger partial charge on any atom is -0.457 e. The topological polar surface area (TPSA) is 111 Å². The SMILES string of the molecule is O=C(Nc1cc(Oc2ccc(Br)cc2)cc([N+](=O)[O-])c1)c1cnn2c1N[C@@H](c1ccc(Br)cc1)C[C@@H]2C(F)(F)F. The lowest BCUT2D eigenvalue weighted by molar-refractivity contribution is -0.384. The average Bonchev–Trinajstić information content (AvgIpc) is 3.33. The number of fused-ring (bicyclic) bond motifs is 1. The number of carbonyl (C=O) groups is 1. The Morgan fingerprint density at radius 1 is 1.05 bits per heavy atom. The summed E-state index contributed by atoms with van der Waals surface area (Å²) in [6, 6.07) is 14.5. The van der Waals surface area contributed by atoms with Gasteiger partial charge >= 0.3 is 6.18 Å². The first-order chi connectivity index (χ1) is 19.0. The molecule has 2 heterocycles. The van der Waals surface area contributed by atoms with E-state index >= 15 is 0 Å². The lowest BCUT2D eigenvalue weighted by Crippen LogP contribution is -2.36.